The minimum Gasteiger partial charge on any atom is -0.316 e. The molecule has 18 heavy (non-hydrogen) atoms. The van der Waals surface area contributed by atoms with Gasteiger partial charge in [-0.25, -0.2) is 0 Å². The molecule has 0 radical (unpaired) electrons. The van der Waals surface area contributed by atoms with Crippen LogP contribution in [0.25, 0.3) is 10.8 Å². The molecule has 4 heteroatoms. The summed E-state index contributed by atoms with van der Waals surface area (Å²) in [6, 6.07) is 9.34. The van der Waals surface area contributed by atoms with Crippen molar-refractivity contribution < 1.29 is 9.59 Å². The number of nitrogens with one attached hydrogen (secondary N) is 2. The Morgan fingerprint density at radius 1 is 1.11 bits per heavy atom. The lowest BCUT2D eigenvalue weighted by Crippen LogP contribution is -2.34. The summed E-state index contributed by atoms with van der Waals surface area (Å²) in [7, 11) is 1.86. The molecular weight excluding hydrogens is 228 g/mol. The van der Waals surface area contributed by atoms with Gasteiger partial charge in [-0.3, -0.25) is 14.9 Å². The Morgan fingerprint density at radius 2 is 1.89 bits per heavy atom. The van der Waals surface area contributed by atoms with Crippen molar-refractivity contribution in [3.63, 3.8) is 0 Å². The number of carbonyl (C=O) groups excluding carboxylic acids is 2. The van der Waals surface area contributed by atoms with Crippen molar-refractivity contribution in [3.05, 3.63) is 47.0 Å². The zero-order valence-corrected chi connectivity index (χ0v) is 9.91. The summed E-state index contributed by atoms with van der Waals surface area (Å²) in [6.45, 7) is 0.689. The average molecular weight is 240 g/mol. The molecule has 0 saturated carbocycles. The van der Waals surface area contributed by atoms with Gasteiger partial charge in [0, 0.05) is 23.1 Å². The lowest BCUT2D eigenvalue weighted by Gasteiger charge is -2.17. The fourth-order valence-corrected chi connectivity index (χ4v) is 2.40. The van der Waals surface area contributed by atoms with E-state index >= 15 is 0 Å². The van der Waals surface area contributed by atoms with Gasteiger partial charge in [0.05, 0.1) is 0 Å². The van der Waals surface area contributed by atoms with Gasteiger partial charge >= 0.3 is 0 Å². The Hall–Kier alpha value is -2.20. The van der Waals surface area contributed by atoms with E-state index in [2.05, 4.69) is 10.6 Å². The molecule has 0 atom stereocenters. The minimum absolute atomic E-state index is 0.318. The first-order valence-electron chi connectivity index (χ1n) is 5.76. The van der Waals surface area contributed by atoms with Gasteiger partial charge in [-0.1, -0.05) is 12.1 Å². The Labute approximate surface area is 104 Å². The summed E-state index contributed by atoms with van der Waals surface area (Å²) in [5, 5.41) is 7.11. The number of benzene rings is 2. The fraction of sp³-hybridized carbons (Fsp3) is 0.143. The van der Waals surface area contributed by atoms with E-state index in [4.69, 9.17) is 0 Å². The second kappa shape index (κ2) is 3.92. The molecule has 1 aliphatic rings. The monoisotopic (exact) mass is 240 g/mol. The SMILES string of the molecule is CNCc1cc2c3c(cccc3c1)C(=O)NC2=O. The van der Waals surface area contributed by atoms with E-state index < -0.39 is 0 Å². The van der Waals surface area contributed by atoms with Crippen LogP contribution in [0.3, 0.4) is 0 Å². The zero-order valence-electron chi connectivity index (χ0n) is 9.91. The topological polar surface area (TPSA) is 58.2 Å². The van der Waals surface area contributed by atoms with Crippen LogP contribution < -0.4 is 10.6 Å². The molecule has 2 amide bonds. The number of hydrogen-bond acceptors (Lipinski definition) is 3. The van der Waals surface area contributed by atoms with Gasteiger partial charge in [0.2, 0.25) is 0 Å². The van der Waals surface area contributed by atoms with E-state index in [9.17, 15) is 9.59 Å². The van der Waals surface area contributed by atoms with Crippen molar-refractivity contribution in [3.8, 4) is 0 Å². The van der Waals surface area contributed by atoms with Crippen molar-refractivity contribution >= 4 is 22.6 Å². The molecule has 0 aromatic heterocycles. The summed E-state index contributed by atoms with van der Waals surface area (Å²) in [5.74, 6) is -0.638. The molecule has 1 aliphatic heterocycles. The molecule has 2 aromatic carbocycles. The lowest BCUT2D eigenvalue weighted by molar-refractivity contribution is 0.0845. The first kappa shape index (κ1) is 10.9. The number of rotatable bonds is 2. The van der Waals surface area contributed by atoms with Crippen LogP contribution in [0.4, 0.5) is 0 Å². The molecule has 2 N–H and O–H groups in total. The molecule has 0 unspecified atom stereocenters. The summed E-state index contributed by atoms with van der Waals surface area (Å²) >= 11 is 0. The highest BCUT2D eigenvalue weighted by Crippen LogP contribution is 2.27. The number of carbonyl (C=O) groups is 2. The van der Waals surface area contributed by atoms with Crippen molar-refractivity contribution in [2.24, 2.45) is 0 Å². The largest absolute Gasteiger partial charge is 0.316 e. The summed E-state index contributed by atoms with van der Waals surface area (Å²) in [4.78, 5) is 23.6. The van der Waals surface area contributed by atoms with E-state index in [1.807, 2.05) is 31.3 Å². The van der Waals surface area contributed by atoms with Gasteiger partial charge in [-0.05, 0) is 36.2 Å². The molecule has 3 rings (SSSR count). The van der Waals surface area contributed by atoms with Crippen LogP contribution in [0.5, 0.6) is 0 Å². The molecular formula is C14H12N2O2. The van der Waals surface area contributed by atoms with Gasteiger partial charge in [-0.15, -0.1) is 0 Å². The average Bonchev–Trinajstić information content (AvgIpc) is 2.36. The highest BCUT2D eigenvalue weighted by molar-refractivity contribution is 6.25. The molecule has 0 fully saturated rings. The molecule has 2 aromatic rings. The number of imide groups is 1. The predicted molar refractivity (Wildman–Crippen MR) is 68.5 cm³/mol. The molecule has 90 valence electrons. The normalized spacial score (nSPS) is 13.8. The molecule has 0 saturated heterocycles. The molecule has 1 heterocycles. The van der Waals surface area contributed by atoms with Crippen LogP contribution >= 0.6 is 0 Å². The Kier molecular flexibility index (Phi) is 2.38. The first-order chi connectivity index (χ1) is 8.70. The highest BCUT2D eigenvalue weighted by Gasteiger charge is 2.24. The summed E-state index contributed by atoms with van der Waals surface area (Å²) in [5.41, 5.74) is 2.17. The molecule has 0 spiro atoms. The van der Waals surface area contributed by atoms with Crippen molar-refractivity contribution in [2.45, 2.75) is 6.54 Å². The number of amides is 2. The maximum atomic E-state index is 11.9. The van der Waals surface area contributed by atoms with Crippen LogP contribution in [0.2, 0.25) is 0 Å². The second-order valence-electron chi connectivity index (χ2n) is 4.36. The predicted octanol–water partition coefficient (Wildman–Crippen LogP) is 1.44. The van der Waals surface area contributed by atoms with Gasteiger partial charge in [0.1, 0.15) is 0 Å². The van der Waals surface area contributed by atoms with Crippen LogP contribution in [-0.4, -0.2) is 18.9 Å². The summed E-state index contributed by atoms with van der Waals surface area (Å²) in [6.07, 6.45) is 0. The van der Waals surface area contributed by atoms with Gasteiger partial charge < -0.3 is 5.32 Å². The third-order valence-electron chi connectivity index (χ3n) is 3.13. The van der Waals surface area contributed by atoms with E-state index in [1.54, 1.807) is 6.07 Å². The van der Waals surface area contributed by atoms with Crippen LogP contribution in [0.15, 0.2) is 30.3 Å². The van der Waals surface area contributed by atoms with Crippen molar-refractivity contribution in [1.82, 2.24) is 10.6 Å². The van der Waals surface area contributed by atoms with Gasteiger partial charge in [0.15, 0.2) is 0 Å². The van der Waals surface area contributed by atoms with Crippen molar-refractivity contribution in [1.29, 1.82) is 0 Å². The third-order valence-corrected chi connectivity index (χ3v) is 3.13. The maximum absolute atomic E-state index is 11.9. The first-order valence-corrected chi connectivity index (χ1v) is 5.76. The molecule has 0 aliphatic carbocycles. The van der Waals surface area contributed by atoms with E-state index in [-0.39, 0.29) is 11.8 Å². The standard InChI is InChI=1S/C14H12N2O2/c1-15-7-8-5-9-3-2-4-10-12(9)11(6-8)14(18)16-13(10)17/h2-6,15H,7H2,1H3,(H,16,17,18). The second-order valence-corrected chi connectivity index (χ2v) is 4.36. The van der Waals surface area contributed by atoms with Crippen LogP contribution in [0, 0.1) is 0 Å². The fourth-order valence-electron chi connectivity index (χ4n) is 2.40. The van der Waals surface area contributed by atoms with E-state index in [0.717, 1.165) is 16.3 Å². The third kappa shape index (κ3) is 1.50. The Bertz CT molecular complexity index is 677. The molecule has 4 nitrogen and oxygen atoms in total. The zero-order chi connectivity index (χ0) is 12.7. The van der Waals surface area contributed by atoms with Crippen molar-refractivity contribution in [2.75, 3.05) is 7.05 Å². The van der Waals surface area contributed by atoms with Gasteiger partial charge in [-0.2, -0.15) is 0 Å². The molecule has 0 bridgehead atoms. The van der Waals surface area contributed by atoms with E-state index in [0.29, 0.717) is 17.7 Å². The number of hydrogen-bond donors (Lipinski definition) is 2. The van der Waals surface area contributed by atoms with Crippen LogP contribution in [0.1, 0.15) is 26.3 Å². The van der Waals surface area contributed by atoms with Gasteiger partial charge in [0.25, 0.3) is 11.8 Å². The van der Waals surface area contributed by atoms with E-state index in [1.165, 1.54) is 0 Å². The Morgan fingerprint density at radius 3 is 2.67 bits per heavy atom. The Balaban J connectivity index is 2.37. The van der Waals surface area contributed by atoms with Crippen LogP contribution in [-0.2, 0) is 6.54 Å². The highest BCUT2D eigenvalue weighted by atomic mass is 16.2. The smallest absolute Gasteiger partial charge is 0.258 e. The quantitative estimate of drug-likeness (QED) is 0.781. The summed E-state index contributed by atoms with van der Waals surface area (Å²) < 4.78 is 0. The lowest BCUT2D eigenvalue weighted by atomic mass is 9.93. The minimum atomic E-state index is -0.320. The maximum Gasteiger partial charge on any atom is 0.258 e.